The van der Waals surface area contributed by atoms with Crippen LogP contribution in [0.15, 0.2) is 289 Å². The van der Waals surface area contributed by atoms with E-state index in [9.17, 15) is 0 Å². The third kappa shape index (κ3) is 16.9. The van der Waals surface area contributed by atoms with Gasteiger partial charge in [0, 0.05) is 65.9 Å². The van der Waals surface area contributed by atoms with Gasteiger partial charge in [0.15, 0.2) is 0 Å². The summed E-state index contributed by atoms with van der Waals surface area (Å²) in [7, 11) is 0. The molecule has 92 heavy (non-hydrogen) atoms. The standard InChI is InChI=1S/2C27H23N3.2C13H11N2.2Pt/c2*1-19-15-20(2)26(21(3)16-19)22-9-7-12-24(17-22)30-18-29(23-10-5-4-6-11-23)25-13-8-14-28-27(25)30;2*1-3-7-12(8-4-1)14-11-15-13-9-5-2-6-10-13;;/h2*4-11,13-18H,1-3H3;2*1-11H;;/q2*-2;2*-1;;. The summed E-state index contributed by atoms with van der Waals surface area (Å²) in [6.45, 7) is 17.2. The van der Waals surface area contributed by atoms with Crippen LogP contribution in [-0.2, 0) is 42.1 Å². The van der Waals surface area contributed by atoms with Crippen LogP contribution < -0.4 is 19.6 Å². The first-order valence-electron chi connectivity index (χ1n) is 29.9. The van der Waals surface area contributed by atoms with Crippen LogP contribution in [0.3, 0.4) is 0 Å². The molecule has 12 heteroatoms. The molecule has 0 N–H and O–H groups in total. The molecule has 0 unspecified atom stereocenters. The molecule has 0 amide bonds. The molecule has 4 heterocycles. The summed E-state index contributed by atoms with van der Waals surface area (Å²) >= 11 is 0. The average Bonchev–Trinajstić information content (AvgIpc) is 1.62. The predicted octanol–water partition coefficient (Wildman–Crippen LogP) is 21.9. The first-order chi connectivity index (χ1) is 44.1. The molecule has 2 aromatic heterocycles. The summed E-state index contributed by atoms with van der Waals surface area (Å²) in [5.41, 5.74) is 22.7. The van der Waals surface area contributed by atoms with Gasteiger partial charge in [0.2, 0.25) is 0 Å². The van der Waals surface area contributed by atoms with E-state index in [1.54, 1.807) is 12.7 Å². The third-order valence-corrected chi connectivity index (χ3v) is 14.9. The quantitative estimate of drug-likeness (QED) is 0.0687. The molecule has 12 aromatic rings. The number of anilines is 8. The Kier molecular flexibility index (Phi) is 23.6. The SMILES string of the molecule is C(=Nc1ccccc1)[N-]c1ccccc1.C(=Nc1ccccc1)[N-]c1ccccc1.Cc1cc(C)c(-c2cc[c-]c(N3[CH-]N(c4ccccc4)c4cccnc43)c2)c(C)c1.Cc1cc(C)c(-c2cc[c-]c(N3[CH-]N(c4ccccc4)c4cccnc43)c2)c(C)c1.[Pt].[Pt]. The largest absolute Gasteiger partial charge is 0.478 e. The average molecular weight is 1560 g/mol. The van der Waals surface area contributed by atoms with Gasteiger partial charge in [-0.1, -0.05) is 206 Å². The van der Waals surface area contributed by atoms with Crippen molar-refractivity contribution in [1.29, 1.82) is 0 Å². The Morgan fingerprint density at radius 1 is 0.370 bits per heavy atom. The van der Waals surface area contributed by atoms with E-state index in [1.165, 1.54) is 55.6 Å². The van der Waals surface area contributed by atoms with Gasteiger partial charge < -0.3 is 40.2 Å². The van der Waals surface area contributed by atoms with Gasteiger partial charge in [0.25, 0.3) is 0 Å². The molecule has 0 aliphatic carbocycles. The Labute approximate surface area is 571 Å². The molecule has 0 saturated carbocycles. The molecule has 0 radical (unpaired) electrons. The van der Waals surface area contributed by atoms with Crippen molar-refractivity contribution in [3.63, 3.8) is 0 Å². The van der Waals surface area contributed by atoms with E-state index in [2.05, 4.69) is 226 Å². The summed E-state index contributed by atoms with van der Waals surface area (Å²) < 4.78 is 0. The van der Waals surface area contributed by atoms with E-state index < -0.39 is 0 Å². The number of aromatic nitrogens is 2. The zero-order chi connectivity index (χ0) is 62.0. The van der Waals surface area contributed by atoms with Crippen molar-refractivity contribution in [3.8, 4) is 22.3 Å². The molecular formula is C80H68N10Pt2-6. The van der Waals surface area contributed by atoms with Crippen LogP contribution in [0.4, 0.5) is 68.5 Å². The molecule has 0 fully saturated rings. The van der Waals surface area contributed by atoms with Gasteiger partial charge in [-0.3, -0.25) is 0 Å². The number of fused-ring (bicyclic) bond motifs is 2. The fraction of sp³-hybridized carbons (Fsp3) is 0.0750. The maximum absolute atomic E-state index is 4.67. The number of hydrogen-bond acceptors (Lipinski definition) is 8. The van der Waals surface area contributed by atoms with Crippen LogP contribution in [0.25, 0.3) is 32.9 Å². The molecule has 0 spiro atoms. The Morgan fingerprint density at radius 2 is 0.696 bits per heavy atom. The molecule has 2 aliphatic rings. The van der Waals surface area contributed by atoms with Crippen LogP contribution >= 0.6 is 0 Å². The second-order valence-corrected chi connectivity index (χ2v) is 21.6. The number of aryl methyl sites for hydroxylation is 6. The van der Waals surface area contributed by atoms with E-state index >= 15 is 0 Å². The Morgan fingerprint density at radius 3 is 1.04 bits per heavy atom. The Bertz CT molecular complexity index is 4020. The number of hydrogen-bond donors (Lipinski definition) is 0. The van der Waals surface area contributed by atoms with E-state index in [1.807, 2.05) is 170 Å². The van der Waals surface area contributed by atoms with Gasteiger partial charge >= 0.3 is 0 Å². The molecule has 14 rings (SSSR count). The molecule has 10 nitrogen and oxygen atoms in total. The van der Waals surface area contributed by atoms with Crippen molar-refractivity contribution in [2.75, 3.05) is 19.6 Å². The number of benzene rings is 10. The predicted molar refractivity (Wildman–Crippen MR) is 376 cm³/mol. The summed E-state index contributed by atoms with van der Waals surface area (Å²) in [5, 5.41) is 8.42. The normalized spacial score (nSPS) is 11.8. The topological polar surface area (TPSA) is 91.7 Å². The zero-order valence-electron chi connectivity index (χ0n) is 52.0. The Balaban J connectivity index is 0.000000151. The number of pyridine rings is 2. The van der Waals surface area contributed by atoms with Crippen molar-refractivity contribution in [3.05, 3.63) is 349 Å². The molecule has 0 bridgehead atoms. The van der Waals surface area contributed by atoms with Crippen molar-refractivity contribution in [1.82, 2.24) is 9.97 Å². The van der Waals surface area contributed by atoms with E-state index in [0.29, 0.717) is 0 Å². The monoisotopic (exact) mass is 1560 g/mol. The van der Waals surface area contributed by atoms with Crippen LogP contribution in [0.1, 0.15) is 33.4 Å². The van der Waals surface area contributed by atoms with Crippen molar-refractivity contribution in [2.24, 2.45) is 9.98 Å². The number of aliphatic imine (C=N–C) groups is 2. The minimum Gasteiger partial charge on any atom is -0.478 e. The second kappa shape index (κ2) is 32.7. The first-order valence-corrected chi connectivity index (χ1v) is 29.9. The summed E-state index contributed by atoms with van der Waals surface area (Å²) in [5.74, 6) is 1.82. The van der Waals surface area contributed by atoms with E-state index in [-0.39, 0.29) is 42.1 Å². The zero-order valence-corrected chi connectivity index (χ0v) is 56.5. The summed E-state index contributed by atoms with van der Waals surface area (Å²) in [4.78, 5) is 26.3. The molecule has 464 valence electrons. The van der Waals surface area contributed by atoms with Crippen LogP contribution in [0.2, 0.25) is 0 Å². The minimum atomic E-state index is 0. The van der Waals surface area contributed by atoms with E-state index in [0.717, 1.165) is 68.5 Å². The number of rotatable bonds is 12. The van der Waals surface area contributed by atoms with Gasteiger partial charge in [-0.05, 0) is 146 Å². The molecule has 2 aliphatic heterocycles. The van der Waals surface area contributed by atoms with Gasteiger partial charge in [-0.15, -0.1) is 48.0 Å². The second-order valence-electron chi connectivity index (χ2n) is 21.6. The molecular weight excluding hydrogens is 1490 g/mol. The maximum Gasteiger partial charge on any atom is 0.124 e. The van der Waals surface area contributed by atoms with Gasteiger partial charge in [0.05, 0.1) is 11.4 Å². The van der Waals surface area contributed by atoms with Crippen LogP contribution in [0, 0.1) is 67.0 Å². The fourth-order valence-electron chi connectivity index (χ4n) is 11.1. The number of para-hydroxylation sites is 6. The Hall–Kier alpha value is -9.98. The minimum absolute atomic E-state index is 0. The van der Waals surface area contributed by atoms with Crippen molar-refractivity contribution >= 4 is 81.2 Å². The molecule has 10 aromatic carbocycles. The van der Waals surface area contributed by atoms with Crippen LogP contribution in [-0.4, -0.2) is 22.6 Å². The van der Waals surface area contributed by atoms with Gasteiger partial charge in [-0.25, -0.2) is 9.97 Å². The maximum atomic E-state index is 4.67. The van der Waals surface area contributed by atoms with Crippen LogP contribution in [0.5, 0.6) is 0 Å². The molecule has 0 saturated heterocycles. The third-order valence-electron chi connectivity index (χ3n) is 14.9. The molecule has 0 atom stereocenters. The van der Waals surface area contributed by atoms with E-state index in [4.69, 9.17) is 0 Å². The van der Waals surface area contributed by atoms with Gasteiger partial charge in [-0.2, -0.15) is 36.4 Å². The smallest absolute Gasteiger partial charge is 0.124 e. The number of nitrogens with zero attached hydrogens (tertiary/aromatic N) is 10. The summed E-state index contributed by atoms with van der Waals surface area (Å²) in [6, 6.07) is 96.4. The fourth-order valence-corrected chi connectivity index (χ4v) is 11.1. The van der Waals surface area contributed by atoms with Gasteiger partial charge in [0.1, 0.15) is 11.6 Å². The summed E-state index contributed by atoms with van der Waals surface area (Å²) in [6.07, 6.45) is 6.83. The van der Waals surface area contributed by atoms with Crippen molar-refractivity contribution in [2.45, 2.75) is 41.5 Å². The van der Waals surface area contributed by atoms with Crippen molar-refractivity contribution < 1.29 is 42.1 Å². The first kappa shape index (κ1) is 66.4.